The molecule has 40 heavy (non-hydrogen) atoms. The van der Waals surface area contributed by atoms with E-state index in [0.29, 0.717) is 30.0 Å². The minimum Gasteiger partial charge on any atom is -0.338 e. The molecule has 6 rings (SSSR count). The summed E-state index contributed by atoms with van der Waals surface area (Å²) in [5.74, 6) is 2.97. The Balaban J connectivity index is 0.000000260. The predicted octanol–water partition coefficient (Wildman–Crippen LogP) is 2.99. The maximum atomic E-state index is 12.1. The zero-order valence-corrected chi connectivity index (χ0v) is 22.9. The van der Waals surface area contributed by atoms with Crippen LogP contribution in [0.4, 0.5) is 33.7 Å². The maximum Gasteiger partial charge on any atom is 0.235 e. The number of hydrogen-bond acceptors (Lipinski definition) is 10. The molecule has 3 aromatic heterocycles. The standard InChI is InChI=1S/C19H29N9.C6H5FN2O.C2H2/c1-13-4-3-7-28(13)19-22-17(20-16-12-15(24-25-16)14-5-6-14)21-18(23-19)27-10-8-26(2)9-11-27;7-6-2-1-5(3-8-6)9-4-10;1-2/h12-14H,3-11H2,1-2H3,(H2,20,21,22,23,24,25);1-4H,(H,9,10);1-2H/t13-;;/m0../s1. The van der Waals surface area contributed by atoms with Crippen LogP contribution in [0.5, 0.6) is 0 Å². The van der Waals surface area contributed by atoms with Crippen molar-refractivity contribution in [1.29, 1.82) is 0 Å². The van der Waals surface area contributed by atoms with Crippen LogP contribution in [-0.4, -0.2) is 87.3 Å². The summed E-state index contributed by atoms with van der Waals surface area (Å²) in [4.78, 5) is 34.4. The Labute approximate surface area is 233 Å². The molecule has 5 heterocycles. The van der Waals surface area contributed by atoms with E-state index in [9.17, 15) is 9.18 Å². The highest BCUT2D eigenvalue weighted by Crippen LogP contribution is 2.39. The summed E-state index contributed by atoms with van der Waals surface area (Å²) >= 11 is 0. The van der Waals surface area contributed by atoms with Crippen molar-refractivity contribution in [3.63, 3.8) is 0 Å². The molecule has 3 aliphatic rings. The van der Waals surface area contributed by atoms with Gasteiger partial charge in [0.15, 0.2) is 5.82 Å². The number of pyridine rings is 1. The van der Waals surface area contributed by atoms with Gasteiger partial charge in [-0.25, -0.2) is 4.98 Å². The van der Waals surface area contributed by atoms with Crippen molar-refractivity contribution >= 4 is 35.8 Å². The third-order valence-electron chi connectivity index (χ3n) is 7.02. The topological polar surface area (TPSA) is 131 Å². The summed E-state index contributed by atoms with van der Waals surface area (Å²) in [7, 11) is 2.16. The smallest absolute Gasteiger partial charge is 0.235 e. The van der Waals surface area contributed by atoms with Crippen LogP contribution < -0.4 is 20.4 Å². The summed E-state index contributed by atoms with van der Waals surface area (Å²) < 4.78 is 12.1. The fourth-order valence-electron chi connectivity index (χ4n) is 4.56. The number of aromatic amines is 1. The van der Waals surface area contributed by atoms with Crippen LogP contribution in [0.2, 0.25) is 0 Å². The third-order valence-corrected chi connectivity index (χ3v) is 7.02. The highest BCUT2D eigenvalue weighted by Gasteiger charge is 2.27. The van der Waals surface area contributed by atoms with Crippen molar-refractivity contribution in [3.05, 3.63) is 36.0 Å². The highest BCUT2D eigenvalue weighted by molar-refractivity contribution is 5.70. The largest absolute Gasteiger partial charge is 0.338 e. The molecule has 0 spiro atoms. The zero-order valence-electron chi connectivity index (χ0n) is 22.9. The van der Waals surface area contributed by atoms with Crippen molar-refractivity contribution in [3.8, 4) is 12.8 Å². The lowest BCUT2D eigenvalue weighted by Crippen LogP contribution is -2.45. The molecule has 3 aromatic rings. The number of terminal acetylenes is 1. The van der Waals surface area contributed by atoms with Gasteiger partial charge in [-0.2, -0.15) is 24.4 Å². The zero-order chi connectivity index (χ0) is 28.5. The first-order valence-corrected chi connectivity index (χ1v) is 13.4. The molecule has 13 heteroatoms. The van der Waals surface area contributed by atoms with E-state index in [1.165, 1.54) is 49.7 Å². The van der Waals surface area contributed by atoms with Gasteiger partial charge in [-0.1, -0.05) is 0 Å². The molecule has 0 aromatic carbocycles. The third kappa shape index (κ3) is 7.63. The number of amides is 1. The number of carbonyl (C=O) groups excluding carboxylic acids is 1. The fourth-order valence-corrected chi connectivity index (χ4v) is 4.56. The van der Waals surface area contributed by atoms with E-state index >= 15 is 0 Å². The molecule has 0 unspecified atom stereocenters. The van der Waals surface area contributed by atoms with Crippen LogP contribution in [-0.2, 0) is 4.79 Å². The van der Waals surface area contributed by atoms with Gasteiger partial charge in [-0.15, -0.1) is 12.8 Å². The quantitative estimate of drug-likeness (QED) is 0.230. The average molecular weight is 550 g/mol. The summed E-state index contributed by atoms with van der Waals surface area (Å²) in [5.41, 5.74) is 1.68. The van der Waals surface area contributed by atoms with Crippen LogP contribution in [0.1, 0.15) is 44.2 Å². The van der Waals surface area contributed by atoms with E-state index in [1.807, 2.05) is 0 Å². The van der Waals surface area contributed by atoms with Crippen molar-refractivity contribution in [2.24, 2.45) is 0 Å². The Morgan fingerprint density at radius 3 is 2.42 bits per heavy atom. The Morgan fingerprint density at radius 1 is 1.05 bits per heavy atom. The van der Waals surface area contributed by atoms with E-state index in [4.69, 9.17) is 15.0 Å². The minimum atomic E-state index is -0.559. The van der Waals surface area contributed by atoms with E-state index in [2.05, 4.69) is 73.4 Å². The van der Waals surface area contributed by atoms with Gasteiger partial charge in [-0.3, -0.25) is 9.89 Å². The summed E-state index contributed by atoms with van der Waals surface area (Å²) in [6, 6.07) is 5.14. The molecule has 3 N–H and O–H groups in total. The minimum absolute atomic E-state index is 0.461. The molecule has 0 bridgehead atoms. The van der Waals surface area contributed by atoms with Gasteiger partial charge in [0.05, 0.1) is 11.9 Å². The van der Waals surface area contributed by atoms with E-state index in [0.717, 1.165) is 50.4 Å². The van der Waals surface area contributed by atoms with Crippen LogP contribution >= 0.6 is 0 Å². The maximum absolute atomic E-state index is 12.1. The second-order valence-corrected chi connectivity index (χ2v) is 9.97. The van der Waals surface area contributed by atoms with Gasteiger partial charge in [0, 0.05) is 56.4 Å². The monoisotopic (exact) mass is 549 g/mol. The van der Waals surface area contributed by atoms with Crippen LogP contribution in [0, 0.1) is 18.8 Å². The van der Waals surface area contributed by atoms with Crippen molar-refractivity contribution in [2.75, 3.05) is 60.2 Å². The highest BCUT2D eigenvalue weighted by atomic mass is 19.1. The summed E-state index contributed by atoms with van der Waals surface area (Å²) in [6.07, 6.45) is 14.6. The number of rotatable bonds is 7. The van der Waals surface area contributed by atoms with Crippen LogP contribution in [0.3, 0.4) is 0 Å². The molecule has 1 saturated carbocycles. The molecule has 212 valence electrons. The molecule has 0 radical (unpaired) electrons. The molecule has 12 nitrogen and oxygen atoms in total. The fraction of sp³-hybridized carbons (Fsp3) is 0.481. The number of anilines is 5. The van der Waals surface area contributed by atoms with Crippen LogP contribution in [0.25, 0.3) is 0 Å². The average Bonchev–Trinajstić information content (AvgIpc) is 3.57. The summed E-state index contributed by atoms with van der Waals surface area (Å²) in [6.45, 7) is 7.16. The number of aromatic nitrogens is 6. The molecule has 1 aliphatic carbocycles. The van der Waals surface area contributed by atoms with Gasteiger partial charge >= 0.3 is 0 Å². The van der Waals surface area contributed by atoms with Crippen molar-refractivity contribution < 1.29 is 9.18 Å². The normalized spacial score (nSPS) is 18.7. The second-order valence-electron chi connectivity index (χ2n) is 9.97. The van der Waals surface area contributed by atoms with E-state index in [1.54, 1.807) is 0 Å². The number of H-pyrrole nitrogens is 1. The van der Waals surface area contributed by atoms with Gasteiger partial charge < -0.3 is 25.3 Å². The molecule has 2 saturated heterocycles. The molecular weight excluding hydrogens is 513 g/mol. The number of carbonyl (C=O) groups is 1. The summed E-state index contributed by atoms with van der Waals surface area (Å²) in [5, 5.41) is 13.2. The number of halogens is 1. The van der Waals surface area contributed by atoms with Crippen molar-refractivity contribution in [2.45, 2.75) is 44.6 Å². The Hall–Kier alpha value is -4.31. The lowest BCUT2D eigenvalue weighted by atomic mass is 10.2. The van der Waals surface area contributed by atoms with Gasteiger partial charge in [0.1, 0.15) is 0 Å². The Kier molecular flexibility index (Phi) is 9.80. The van der Waals surface area contributed by atoms with Crippen molar-refractivity contribution in [1.82, 2.24) is 35.0 Å². The lowest BCUT2D eigenvalue weighted by Gasteiger charge is -2.33. The number of likely N-dealkylation sites (N-methyl/N-ethyl adjacent to an activating group) is 1. The lowest BCUT2D eigenvalue weighted by molar-refractivity contribution is -0.105. The van der Waals surface area contributed by atoms with Crippen LogP contribution in [0.15, 0.2) is 24.4 Å². The number of nitrogens with one attached hydrogen (secondary N) is 3. The van der Waals surface area contributed by atoms with Gasteiger partial charge in [-0.05, 0) is 51.8 Å². The van der Waals surface area contributed by atoms with Gasteiger partial charge in [0.2, 0.25) is 30.2 Å². The number of piperazine rings is 1. The Bertz CT molecular complexity index is 1250. The molecule has 2 aliphatic heterocycles. The molecule has 1 atom stereocenters. The molecular formula is C27H36FN11O. The SMILES string of the molecule is C#C.C[C@H]1CCCN1c1nc(Nc2cc(C3CC3)[nH]n2)nc(N2CCN(C)CC2)n1.O=CNc1ccc(F)nc1. The Morgan fingerprint density at radius 2 is 1.80 bits per heavy atom. The predicted molar refractivity (Wildman–Crippen MR) is 153 cm³/mol. The first-order chi connectivity index (χ1) is 19.5. The first-order valence-electron chi connectivity index (χ1n) is 13.4. The number of nitrogens with zero attached hydrogens (tertiary/aromatic N) is 8. The second kappa shape index (κ2) is 13.7. The number of hydrogen-bond donors (Lipinski definition) is 3. The molecule has 3 fully saturated rings. The molecule has 1 amide bonds. The van der Waals surface area contributed by atoms with E-state index in [-0.39, 0.29) is 0 Å². The van der Waals surface area contributed by atoms with Gasteiger partial charge in [0.25, 0.3) is 0 Å². The van der Waals surface area contributed by atoms with E-state index < -0.39 is 5.95 Å². The first kappa shape index (κ1) is 28.7.